The van der Waals surface area contributed by atoms with E-state index in [9.17, 15) is 9.59 Å². The maximum absolute atomic E-state index is 11.5. The van der Waals surface area contributed by atoms with E-state index < -0.39 is 0 Å². The van der Waals surface area contributed by atoms with Crippen molar-refractivity contribution in [1.29, 1.82) is 0 Å². The zero-order chi connectivity index (χ0) is 11.6. The molecule has 86 valence electrons. The number of nitrogens with zero attached hydrogens (tertiary/aromatic N) is 1. The van der Waals surface area contributed by atoms with Crippen LogP contribution in [0.4, 0.5) is 0 Å². The smallest absolute Gasteiger partial charge is 0.225 e. The van der Waals surface area contributed by atoms with Gasteiger partial charge in [-0.2, -0.15) is 0 Å². The van der Waals surface area contributed by atoms with Crippen LogP contribution in [0.2, 0.25) is 0 Å². The third kappa shape index (κ3) is 2.94. The fourth-order valence-corrected chi connectivity index (χ4v) is 1.48. The summed E-state index contributed by atoms with van der Waals surface area (Å²) in [6, 6.07) is 0.155. The molecule has 0 radical (unpaired) electrons. The van der Waals surface area contributed by atoms with E-state index in [-0.39, 0.29) is 29.7 Å². The van der Waals surface area contributed by atoms with Crippen molar-refractivity contribution in [3.63, 3.8) is 0 Å². The number of rotatable bonds is 3. The molecule has 0 aromatic rings. The Kier molecular flexibility index (Phi) is 3.72. The zero-order valence-electron chi connectivity index (χ0n) is 9.91. The Bertz CT molecular complexity index is 255. The summed E-state index contributed by atoms with van der Waals surface area (Å²) >= 11 is 0. The van der Waals surface area contributed by atoms with Gasteiger partial charge in [-0.1, -0.05) is 27.7 Å². The molecule has 0 atom stereocenters. The fourth-order valence-electron chi connectivity index (χ4n) is 1.48. The van der Waals surface area contributed by atoms with E-state index in [2.05, 4.69) is 5.32 Å². The van der Waals surface area contributed by atoms with E-state index in [1.54, 1.807) is 4.90 Å². The van der Waals surface area contributed by atoms with E-state index in [1.807, 2.05) is 27.7 Å². The molecule has 0 aromatic heterocycles. The molecule has 0 aromatic carbocycles. The van der Waals surface area contributed by atoms with Crippen LogP contribution in [0.1, 0.15) is 27.7 Å². The summed E-state index contributed by atoms with van der Waals surface area (Å²) in [5.74, 6) is 0.299. The molecular formula is C11H20N2O2. The first kappa shape index (κ1) is 12.0. The van der Waals surface area contributed by atoms with Crippen LogP contribution in [-0.4, -0.2) is 35.8 Å². The van der Waals surface area contributed by atoms with Gasteiger partial charge < -0.3 is 10.2 Å². The molecule has 1 aliphatic heterocycles. The Labute approximate surface area is 91.0 Å². The number of carbonyl (C=O) groups excluding carboxylic acids is 2. The molecule has 2 amide bonds. The van der Waals surface area contributed by atoms with Crippen molar-refractivity contribution in [2.24, 2.45) is 11.8 Å². The molecule has 0 unspecified atom stereocenters. The Morgan fingerprint density at radius 1 is 1.13 bits per heavy atom. The molecule has 0 spiro atoms. The summed E-state index contributed by atoms with van der Waals surface area (Å²) in [7, 11) is 0. The van der Waals surface area contributed by atoms with Gasteiger partial charge in [0.05, 0.1) is 6.04 Å². The molecule has 1 N–H and O–H groups in total. The predicted molar refractivity (Wildman–Crippen MR) is 58.2 cm³/mol. The van der Waals surface area contributed by atoms with Crippen LogP contribution in [0.25, 0.3) is 0 Å². The van der Waals surface area contributed by atoms with Gasteiger partial charge in [0.15, 0.2) is 0 Å². The highest BCUT2D eigenvalue weighted by molar-refractivity contribution is 5.81. The summed E-state index contributed by atoms with van der Waals surface area (Å²) in [5.41, 5.74) is 0. The highest BCUT2D eigenvalue weighted by Crippen LogP contribution is 2.12. The van der Waals surface area contributed by atoms with E-state index in [0.717, 1.165) is 0 Å². The fraction of sp³-hybridized carbons (Fsp3) is 0.818. The third-order valence-corrected chi connectivity index (χ3v) is 2.56. The topological polar surface area (TPSA) is 49.4 Å². The monoisotopic (exact) mass is 212 g/mol. The minimum Gasteiger partial charge on any atom is -0.350 e. The Morgan fingerprint density at radius 3 is 2.07 bits per heavy atom. The van der Waals surface area contributed by atoms with E-state index in [0.29, 0.717) is 13.1 Å². The SMILES string of the molecule is CC(C)C(=O)NC1CN(C(=O)C(C)C)C1. The molecular weight excluding hydrogens is 192 g/mol. The maximum atomic E-state index is 11.5. The van der Waals surface area contributed by atoms with Crippen molar-refractivity contribution in [1.82, 2.24) is 10.2 Å². The van der Waals surface area contributed by atoms with Gasteiger partial charge in [-0.3, -0.25) is 9.59 Å². The van der Waals surface area contributed by atoms with Crippen LogP contribution in [-0.2, 0) is 9.59 Å². The lowest BCUT2D eigenvalue weighted by molar-refractivity contribution is -0.141. The number of hydrogen-bond donors (Lipinski definition) is 1. The highest BCUT2D eigenvalue weighted by atomic mass is 16.2. The predicted octanol–water partition coefficient (Wildman–Crippen LogP) is 0.625. The van der Waals surface area contributed by atoms with Crippen molar-refractivity contribution >= 4 is 11.8 Å². The number of likely N-dealkylation sites (tertiary alicyclic amines) is 1. The summed E-state index contributed by atoms with van der Waals surface area (Å²) < 4.78 is 0. The minimum atomic E-state index is 0.0138. The van der Waals surface area contributed by atoms with Gasteiger partial charge in [-0.05, 0) is 0 Å². The van der Waals surface area contributed by atoms with Crippen LogP contribution >= 0.6 is 0 Å². The molecule has 1 aliphatic rings. The molecule has 15 heavy (non-hydrogen) atoms. The van der Waals surface area contributed by atoms with Gasteiger partial charge in [-0.25, -0.2) is 0 Å². The van der Waals surface area contributed by atoms with Gasteiger partial charge >= 0.3 is 0 Å². The van der Waals surface area contributed by atoms with Gasteiger partial charge in [0.1, 0.15) is 0 Å². The molecule has 1 heterocycles. The molecule has 0 bridgehead atoms. The molecule has 4 nitrogen and oxygen atoms in total. The molecule has 1 fully saturated rings. The number of hydrogen-bond acceptors (Lipinski definition) is 2. The standard InChI is InChI=1S/C11H20N2O2/c1-7(2)10(14)12-9-5-13(6-9)11(15)8(3)4/h7-9H,5-6H2,1-4H3,(H,12,14). The van der Waals surface area contributed by atoms with Crippen LogP contribution in [0.3, 0.4) is 0 Å². The summed E-state index contributed by atoms with van der Waals surface area (Å²) in [4.78, 5) is 24.6. The Hall–Kier alpha value is -1.06. The summed E-state index contributed by atoms with van der Waals surface area (Å²) in [6.07, 6.45) is 0. The Balaban J connectivity index is 2.26. The van der Waals surface area contributed by atoms with Crippen molar-refractivity contribution in [3.8, 4) is 0 Å². The lowest BCUT2D eigenvalue weighted by atomic mass is 10.0. The second-order valence-electron chi connectivity index (χ2n) is 4.76. The van der Waals surface area contributed by atoms with Gasteiger partial charge in [0.25, 0.3) is 0 Å². The van der Waals surface area contributed by atoms with Crippen molar-refractivity contribution in [2.75, 3.05) is 13.1 Å². The largest absolute Gasteiger partial charge is 0.350 e. The first-order valence-corrected chi connectivity index (χ1v) is 5.51. The lowest BCUT2D eigenvalue weighted by Crippen LogP contribution is -2.62. The second-order valence-corrected chi connectivity index (χ2v) is 4.76. The Morgan fingerprint density at radius 2 is 1.67 bits per heavy atom. The van der Waals surface area contributed by atoms with Crippen LogP contribution in [0, 0.1) is 11.8 Å². The second kappa shape index (κ2) is 4.64. The third-order valence-electron chi connectivity index (χ3n) is 2.56. The van der Waals surface area contributed by atoms with E-state index in [1.165, 1.54) is 0 Å². The molecule has 0 saturated carbocycles. The van der Waals surface area contributed by atoms with E-state index >= 15 is 0 Å². The average Bonchev–Trinajstić information content (AvgIpc) is 2.08. The lowest BCUT2D eigenvalue weighted by Gasteiger charge is -2.40. The van der Waals surface area contributed by atoms with E-state index in [4.69, 9.17) is 0 Å². The first-order valence-electron chi connectivity index (χ1n) is 5.51. The average molecular weight is 212 g/mol. The van der Waals surface area contributed by atoms with Gasteiger partial charge in [-0.15, -0.1) is 0 Å². The van der Waals surface area contributed by atoms with Crippen molar-refractivity contribution in [2.45, 2.75) is 33.7 Å². The normalized spacial score (nSPS) is 16.8. The minimum absolute atomic E-state index is 0.0138. The van der Waals surface area contributed by atoms with Crippen molar-refractivity contribution < 1.29 is 9.59 Å². The number of nitrogens with one attached hydrogen (secondary N) is 1. The summed E-state index contributed by atoms with van der Waals surface area (Å²) in [6.45, 7) is 8.84. The highest BCUT2D eigenvalue weighted by Gasteiger charge is 2.32. The maximum Gasteiger partial charge on any atom is 0.225 e. The molecule has 1 saturated heterocycles. The quantitative estimate of drug-likeness (QED) is 0.745. The molecule has 4 heteroatoms. The van der Waals surface area contributed by atoms with Crippen molar-refractivity contribution in [3.05, 3.63) is 0 Å². The zero-order valence-corrected chi connectivity index (χ0v) is 9.91. The molecule has 1 rings (SSSR count). The number of amides is 2. The van der Waals surface area contributed by atoms with Crippen LogP contribution in [0.5, 0.6) is 0 Å². The van der Waals surface area contributed by atoms with Gasteiger partial charge in [0.2, 0.25) is 11.8 Å². The number of carbonyl (C=O) groups is 2. The van der Waals surface area contributed by atoms with Crippen LogP contribution < -0.4 is 5.32 Å². The summed E-state index contributed by atoms with van der Waals surface area (Å²) in [5, 5.41) is 2.91. The van der Waals surface area contributed by atoms with Gasteiger partial charge in [0, 0.05) is 24.9 Å². The first-order chi connectivity index (χ1) is 6.91. The molecule has 0 aliphatic carbocycles. The van der Waals surface area contributed by atoms with Crippen LogP contribution in [0.15, 0.2) is 0 Å².